The van der Waals surface area contributed by atoms with E-state index in [-0.39, 0.29) is 36.7 Å². The largest absolute Gasteiger partial charge is 0.508 e. The first-order chi connectivity index (χ1) is 19.4. The standard InChI is InChI=1S/C33H40N2O6/c1-32(2,3)41-31(40)35-28(18-21-8-13-24(36)14-9-21)29(38)20-33(30(34)39,19-22-10-15-25(37)16-11-22)27-17-12-23-6-4-5-7-26(23)27/h4-11,13-16,27-29,36-38H,12,17-20H2,1-3H3,(H2,34,39)(H,35,40)/t27-,28-,29-,33+/m0/s1. The van der Waals surface area contributed by atoms with Crippen LogP contribution in [-0.2, 0) is 28.8 Å². The summed E-state index contributed by atoms with van der Waals surface area (Å²) in [5.74, 6) is -0.574. The van der Waals surface area contributed by atoms with E-state index in [1.165, 1.54) is 0 Å². The molecule has 2 amide bonds. The molecule has 4 atom stereocenters. The third-order valence-corrected chi connectivity index (χ3v) is 7.88. The number of primary amides is 1. The molecular formula is C33H40N2O6. The van der Waals surface area contributed by atoms with Crippen LogP contribution in [0.3, 0.4) is 0 Å². The monoisotopic (exact) mass is 560 g/mol. The van der Waals surface area contributed by atoms with Crippen LogP contribution in [0.15, 0.2) is 72.8 Å². The molecule has 218 valence electrons. The number of benzene rings is 3. The Labute approximate surface area is 241 Å². The molecular weight excluding hydrogens is 520 g/mol. The van der Waals surface area contributed by atoms with Gasteiger partial charge in [-0.05, 0) is 105 Å². The quantitative estimate of drug-likeness (QED) is 0.243. The molecule has 0 aromatic heterocycles. The van der Waals surface area contributed by atoms with Crippen LogP contribution in [0.5, 0.6) is 11.5 Å². The van der Waals surface area contributed by atoms with Gasteiger partial charge in [-0.1, -0.05) is 48.5 Å². The number of alkyl carbamates (subject to hydrolysis) is 1. The van der Waals surface area contributed by atoms with E-state index in [4.69, 9.17) is 10.5 Å². The Morgan fingerprint density at radius 1 is 0.951 bits per heavy atom. The van der Waals surface area contributed by atoms with E-state index in [1.807, 2.05) is 18.2 Å². The van der Waals surface area contributed by atoms with E-state index >= 15 is 0 Å². The zero-order valence-corrected chi connectivity index (χ0v) is 23.8. The van der Waals surface area contributed by atoms with Crippen molar-refractivity contribution in [1.82, 2.24) is 5.32 Å². The van der Waals surface area contributed by atoms with E-state index in [0.717, 1.165) is 28.7 Å². The second-order valence-electron chi connectivity index (χ2n) is 12.0. The lowest BCUT2D eigenvalue weighted by Crippen LogP contribution is -2.52. The number of aryl methyl sites for hydroxylation is 1. The van der Waals surface area contributed by atoms with Gasteiger partial charge < -0.3 is 31.1 Å². The summed E-state index contributed by atoms with van der Waals surface area (Å²) in [4.78, 5) is 26.4. The van der Waals surface area contributed by atoms with Crippen LogP contribution < -0.4 is 11.1 Å². The highest BCUT2D eigenvalue weighted by molar-refractivity contribution is 5.83. The van der Waals surface area contributed by atoms with Gasteiger partial charge in [0.15, 0.2) is 0 Å². The van der Waals surface area contributed by atoms with Gasteiger partial charge in [0.25, 0.3) is 0 Å². The Morgan fingerprint density at radius 2 is 1.54 bits per heavy atom. The number of fused-ring (bicyclic) bond motifs is 1. The number of nitrogens with one attached hydrogen (secondary N) is 1. The average Bonchev–Trinajstić information content (AvgIpc) is 3.34. The lowest BCUT2D eigenvalue weighted by molar-refractivity contribution is -0.131. The molecule has 8 nitrogen and oxygen atoms in total. The minimum absolute atomic E-state index is 0.0131. The van der Waals surface area contributed by atoms with Gasteiger partial charge >= 0.3 is 6.09 Å². The van der Waals surface area contributed by atoms with Gasteiger partial charge in [0.2, 0.25) is 5.91 Å². The van der Waals surface area contributed by atoms with Crippen molar-refractivity contribution in [3.63, 3.8) is 0 Å². The Morgan fingerprint density at radius 3 is 2.12 bits per heavy atom. The smallest absolute Gasteiger partial charge is 0.407 e. The molecule has 1 aliphatic rings. The van der Waals surface area contributed by atoms with E-state index in [2.05, 4.69) is 11.4 Å². The molecule has 0 spiro atoms. The summed E-state index contributed by atoms with van der Waals surface area (Å²) in [5.41, 5.74) is 8.07. The lowest BCUT2D eigenvalue weighted by Gasteiger charge is -2.40. The van der Waals surface area contributed by atoms with Crippen molar-refractivity contribution >= 4 is 12.0 Å². The number of nitrogens with two attached hydrogens (primary N) is 1. The van der Waals surface area contributed by atoms with Gasteiger partial charge in [-0.25, -0.2) is 4.79 Å². The molecule has 0 heterocycles. The Bertz CT molecular complexity index is 1350. The van der Waals surface area contributed by atoms with Crippen LogP contribution in [0.25, 0.3) is 0 Å². The maximum Gasteiger partial charge on any atom is 0.407 e. The summed E-state index contributed by atoms with van der Waals surface area (Å²) in [6.07, 6.45) is 0.0842. The van der Waals surface area contributed by atoms with Crippen molar-refractivity contribution in [1.29, 1.82) is 0 Å². The number of aliphatic hydroxyl groups is 1. The number of carbonyl (C=O) groups is 2. The fourth-order valence-corrected chi connectivity index (χ4v) is 5.95. The third kappa shape index (κ3) is 7.38. The maximum atomic E-state index is 13.6. The van der Waals surface area contributed by atoms with E-state index < -0.39 is 35.2 Å². The molecule has 0 unspecified atom stereocenters. The van der Waals surface area contributed by atoms with Gasteiger partial charge in [-0.15, -0.1) is 0 Å². The molecule has 0 aliphatic heterocycles. The first-order valence-corrected chi connectivity index (χ1v) is 14.0. The van der Waals surface area contributed by atoms with Crippen molar-refractivity contribution in [2.45, 2.75) is 76.5 Å². The molecule has 0 saturated heterocycles. The predicted octanol–water partition coefficient (Wildman–Crippen LogP) is 4.73. The summed E-state index contributed by atoms with van der Waals surface area (Å²) in [5, 5.41) is 34.2. The van der Waals surface area contributed by atoms with Gasteiger partial charge in [-0.3, -0.25) is 4.79 Å². The van der Waals surface area contributed by atoms with Crippen molar-refractivity contribution in [2.24, 2.45) is 11.1 Å². The zero-order chi connectivity index (χ0) is 29.8. The second-order valence-corrected chi connectivity index (χ2v) is 12.0. The van der Waals surface area contributed by atoms with Crippen molar-refractivity contribution in [3.8, 4) is 11.5 Å². The Kier molecular flexibility index (Phi) is 8.92. The fourth-order valence-electron chi connectivity index (χ4n) is 5.95. The highest BCUT2D eigenvalue weighted by Gasteiger charge is 2.49. The number of phenols is 2. The van der Waals surface area contributed by atoms with Crippen LogP contribution in [0.2, 0.25) is 0 Å². The number of amides is 2. The molecule has 0 bridgehead atoms. The summed E-state index contributed by atoms with van der Waals surface area (Å²) in [6, 6.07) is 20.3. The van der Waals surface area contributed by atoms with Gasteiger partial charge in [-0.2, -0.15) is 0 Å². The number of hydrogen-bond acceptors (Lipinski definition) is 6. The number of hydrogen-bond donors (Lipinski definition) is 5. The first-order valence-electron chi connectivity index (χ1n) is 14.0. The van der Waals surface area contributed by atoms with Crippen LogP contribution in [0, 0.1) is 5.41 Å². The SMILES string of the molecule is CC(C)(C)OC(=O)N[C@@H](Cc1ccc(O)cc1)[C@@H](O)C[C@@](Cc1ccc(O)cc1)(C(N)=O)[C@H]1CCc2ccccc21. The topological polar surface area (TPSA) is 142 Å². The molecule has 41 heavy (non-hydrogen) atoms. The third-order valence-electron chi connectivity index (χ3n) is 7.88. The maximum absolute atomic E-state index is 13.6. The molecule has 0 saturated carbocycles. The molecule has 4 rings (SSSR count). The summed E-state index contributed by atoms with van der Waals surface area (Å²) >= 11 is 0. The lowest BCUT2D eigenvalue weighted by atomic mass is 9.64. The number of ether oxygens (including phenoxy) is 1. The van der Waals surface area contributed by atoms with Crippen molar-refractivity contribution in [3.05, 3.63) is 95.1 Å². The van der Waals surface area contributed by atoms with E-state index in [9.17, 15) is 24.9 Å². The second kappa shape index (κ2) is 12.2. The molecule has 3 aromatic carbocycles. The van der Waals surface area contributed by atoms with Crippen molar-refractivity contribution < 1.29 is 29.6 Å². The van der Waals surface area contributed by atoms with Crippen molar-refractivity contribution in [2.75, 3.05) is 0 Å². The van der Waals surface area contributed by atoms with Crippen LogP contribution in [0.4, 0.5) is 4.79 Å². The highest BCUT2D eigenvalue weighted by Crippen LogP contribution is 2.50. The fraction of sp³-hybridized carbons (Fsp3) is 0.394. The summed E-state index contributed by atoms with van der Waals surface area (Å²) in [6.45, 7) is 5.27. The van der Waals surface area contributed by atoms with Crippen LogP contribution in [-0.4, -0.2) is 45.1 Å². The molecule has 1 aliphatic carbocycles. The normalized spacial score (nSPS) is 17.6. The summed E-state index contributed by atoms with van der Waals surface area (Å²) in [7, 11) is 0. The minimum atomic E-state index is -1.19. The Balaban J connectivity index is 1.72. The number of aromatic hydroxyl groups is 2. The average molecular weight is 561 g/mol. The van der Waals surface area contributed by atoms with Gasteiger partial charge in [0, 0.05) is 0 Å². The Hall–Kier alpha value is -4.04. The van der Waals surface area contributed by atoms with Gasteiger partial charge in [0.1, 0.15) is 17.1 Å². The molecule has 8 heteroatoms. The highest BCUT2D eigenvalue weighted by atomic mass is 16.6. The summed E-state index contributed by atoms with van der Waals surface area (Å²) < 4.78 is 5.49. The van der Waals surface area contributed by atoms with E-state index in [1.54, 1.807) is 69.3 Å². The first kappa shape index (κ1) is 29.9. The predicted molar refractivity (Wildman–Crippen MR) is 157 cm³/mol. The van der Waals surface area contributed by atoms with Gasteiger partial charge in [0.05, 0.1) is 17.6 Å². The van der Waals surface area contributed by atoms with Crippen LogP contribution >= 0.6 is 0 Å². The molecule has 6 N–H and O–H groups in total. The minimum Gasteiger partial charge on any atom is -0.508 e. The number of phenolic OH excluding ortho intramolecular Hbond substituents is 2. The number of rotatable bonds is 10. The van der Waals surface area contributed by atoms with Crippen LogP contribution in [0.1, 0.15) is 61.8 Å². The molecule has 0 radical (unpaired) electrons. The molecule has 3 aromatic rings. The van der Waals surface area contributed by atoms with E-state index in [0.29, 0.717) is 6.42 Å². The number of carbonyl (C=O) groups excluding carboxylic acids is 2. The molecule has 0 fully saturated rings. The number of aliphatic hydroxyl groups excluding tert-OH is 1. The zero-order valence-electron chi connectivity index (χ0n) is 23.8.